The number of hydrogen-bond acceptors (Lipinski definition) is 7. The number of terminal acetylenes is 1. The molecule has 12 heteroatoms. The van der Waals surface area contributed by atoms with Gasteiger partial charge in [0.15, 0.2) is 6.61 Å². The molecule has 0 aromatic rings. The van der Waals surface area contributed by atoms with Crippen LogP contribution in [0.1, 0.15) is 79.6 Å². The summed E-state index contributed by atoms with van der Waals surface area (Å²) in [6, 6.07) is -3.64. The van der Waals surface area contributed by atoms with Gasteiger partial charge in [0, 0.05) is 6.54 Å². The van der Waals surface area contributed by atoms with E-state index in [1.165, 1.54) is 4.90 Å². The van der Waals surface area contributed by atoms with E-state index in [0.29, 0.717) is 32.2 Å². The van der Waals surface area contributed by atoms with Gasteiger partial charge in [0.25, 0.3) is 5.91 Å². The van der Waals surface area contributed by atoms with Crippen molar-refractivity contribution in [2.75, 3.05) is 13.2 Å². The van der Waals surface area contributed by atoms with Crippen molar-refractivity contribution in [3.63, 3.8) is 0 Å². The summed E-state index contributed by atoms with van der Waals surface area (Å²) in [6.45, 7) is 9.58. The number of piperidine rings is 1. The number of fused-ring (bicyclic) bond motifs is 1. The first-order valence-electron chi connectivity index (χ1n) is 15.2. The molecular weight excluding hydrogens is 554 g/mol. The van der Waals surface area contributed by atoms with Gasteiger partial charge in [-0.1, -0.05) is 59.8 Å². The minimum Gasteiger partial charge on any atom is -0.451 e. The van der Waals surface area contributed by atoms with Gasteiger partial charge in [0.1, 0.15) is 23.7 Å². The number of nitrogens with zero attached hydrogens (tertiary/aromatic N) is 1. The minimum atomic E-state index is -1.25. The van der Waals surface area contributed by atoms with Crippen molar-refractivity contribution in [1.82, 2.24) is 20.9 Å². The molecule has 1 unspecified atom stereocenters. The summed E-state index contributed by atoms with van der Waals surface area (Å²) >= 11 is 0. The van der Waals surface area contributed by atoms with E-state index in [2.05, 4.69) is 21.9 Å². The highest BCUT2D eigenvalue weighted by atomic mass is 16.5. The molecular formula is C31H45N5O7. The Kier molecular flexibility index (Phi) is 8.87. The Balaban J connectivity index is 1.54. The first-order chi connectivity index (χ1) is 20.0. The molecule has 4 aliphatic rings. The highest BCUT2D eigenvalue weighted by molar-refractivity contribution is 6.38. The Labute approximate surface area is 252 Å². The number of primary amides is 1. The Morgan fingerprint density at radius 3 is 2.21 bits per heavy atom. The molecule has 1 saturated heterocycles. The Morgan fingerprint density at radius 2 is 1.67 bits per heavy atom. The molecule has 0 aromatic heterocycles. The molecule has 3 saturated carbocycles. The van der Waals surface area contributed by atoms with Crippen LogP contribution < -0.4 is 21.7 Å². The van der Waals surface area contributed by atoms with Crippen molar-refractivity contribution in [2.45, 2.75) is 103 Å². The van der Waals surface area contributed by atoms with Crippen molar-refractivity contribution in [1.29, 1.82) is 0 Å². The predicted octanol–water partition coefficient (Wildman–Crippen LogP) is 1.01. The molecule has 1 aliphatic heterocycles. The molecule has 43 heavy (non-hydrogen) atoms. The predicted molar refractivity (Wildman–Crippen MR) is 156 cm³/mol. The number of likely N-dealkylation sites (tertiary alicyclic amines) is 1. The monoisotopic (exact) mass is 599 g/mol. The Morgan fingerprint density at radius 1 is 1.05 bits per heavy atom. The lowest BCUT2D eigenvalue weighted by atomic mass is 9.81. The summed E-state index contributed by atoms with van der Waals surface area (Å²) in [5.41, 5.74) is 3.04. The third-order valence-corrected chi connectivity index (χ3v) is 9.80. The number of esters is 1. The average molecular weight is 600 g/mol. The van der Waals surface area contributed by atoms with Gasteiger partial charge in [-0.25, -0.2) is 9.59 Å². The van der Waals surface area contributed by atoms with Crippen LogP contribution in [0.4, 0.5) is 4.79 Å². The summed E-state index contributed by atoms with van der Waals surface area (Å²) < 4.78 is 5.21. The molecule has 5 N–H and O–H groups in total. The number of ketones is 1. The van der Waals surface area contributed by atoms with Crippen LogP contribution in [-0.4, -0.2) is 77.2 Å². The number of urea groups is 1. The zero-order valence-corrected chi connectivity index (χ0v) is 25.8. The van der Waals surface area contributed by atoms with Gasteiger partial charge in [-0.3, -0.25) is 19.2 Å². The molecule has 0 spiro atoms. The molecule has 5 atom stereocenters. The molecule has 4 rings (SSSR count). The van der Waals surface area contributed by atoms with Crippen LogP contribution in [0.2, 0.25) is 0 Å². The molecule has 236 valence electrons. The van der Waals surface area contributed by atoms with Crippen LogP contribution in [0.3, 0.4) is 0 Å². The van der Waals surface area contributed by atoms with E-state index < -0.39 is 64.6 Å². The normalized spacial score (nSPS) is 26.5. The van der Waals surface area contributed by atoms with Crippen LogP contribution in [0.15, 0.2) is 0 Å². The second-order valence-electron chi connectivity index (χ2n) is 14.3. The number of carbonyl (C=O) groups excluding carboxylic acids is 6. The SMILES string of the molecule is C#CCOC(=O)C1(NC(=O)N[C@H](C(=O)N2C[C@H]3[C@@H]([C@H]2C(=O)NC(C(=O)C(N)=O)C2CC2)C3(C)C)C(C)(C)C)CCCCC1. The van der Waals surface area contributed by atoms with Crippen LogP contribution >= 0.6 is 0 Å². The number of ether oxygens (including phenoxy) is 1. The fourth-order valence-corrected chi connectivity index (χ4v) is 7.01. The van der Waals surface area contributed by atoms with E-state index in [1.54, 1.807) is 20.8 Å². The summed E-state index contributed by atoms with van der Waals surface area (Å²) in [4.78, 5) is 80.0. The summed E-state index contributed by atoms with van der Waals surface area (Å²) in [5, 5.41) is 8.33. The lowest BCUT2D eigenvalue weighted by molar-refractivity contribution is -0.151. The van der Waals surface area contributed by atoms with Crippen LogP contribution in [0.25, 0.3) is 0 Å². The van der Waals surface area contributed by atoms with E-state index in [4.69, 9.17) is 16.9 Å². The summed E-state index contributed by atoms with van der Waals surface area (Å²) in [6.07, 6.45) is 9.77. The molecule has 4 fully saturated rings. The van der Waals surface area contributed by atoms with E-state index in [9.17, 15) is 28.8 Å². The second kappa shape index (κ2) is 11.8. The standard InChI is InChI=1S/C31H45N5O7/c1-7-15-43-27(41)31(13-9-8-10-14-31)35-28(42)34-23(29(2,3)4)26(40)36-16-18-19(30(18,5)6)21(36)25(39)33-20(17-11-12-17)22(37)24(32)38/h1,17-21,23H,8-16H2,2-6H3,(H2,32,38)(H,33,39)(H2,34,35,42)/t18-,19-,20?,21-,23+/m0/s1. The van der Waals surface area contributed by atoms with Crippen LogP contribution in [0.5, 0.6) is 0 Å². The fourth-order valence-electron chi connectivity index (χ4n) is 7.01. The van der Waals surface area contributed by atoms with E-state index in [-0.39, 0.29) is 29.8 Å². The first kappa shape index (κ1) is 32.3. The molecule has 0 aromatic carbocycles. The number of nitrogens with one attached hydrogen (secondary N) is 3. The molecule has 0 radical (unpaired) electrons. The molecule has 3 aliphatic carbocycles. The number of hydrogen-bond donors (Lipinski definition) is 4. The molecule has 0 bridgehead atoms. The Bertz CT molecular complexity index is 1220. The zero-order chi connectivity index (χ0) is 31.9. The second-order valence-corrected chi connectivity index (χ2v) is 14.3. The lowest BCUT2D eigenvalue weighted by Crippen LogP contribution is -2.64. The molecule has 5 amide bonds. The third kappa shape index (κ3) is 6.50. The van der Waals surface area contributed by atoms with Crippen molar-refractivity contribution in [3.05, 3.63) is 0 Å². The summed E-state index contributed by atoms with van der Waals surface area (Å²) in [7, 11) is 0. The van der Waals surface area contributed by atoms with Gasteiger partial charge in [0.2, 0.25) is 17.6 Å². The van der Waals surface area contributed by atoms with Gasteiger partial charge in [-0.05, 0) is 54.3 Å². The third-order valence-electron chi connectivity index (χ3n) is 9.80. The van der Waals surface area contributed by atoms with Gasteiger partial charge in [0.05, 0.1) is 0 Å². The number of Topliss-reactive ketones (excluding diaryl/α,β-unsaturated/α-hetero) is 1. The van der Waals surface area contributed by atoms with Crippen molar-refractivity contribution >= 4 is 35.5 Å². The van der Waals surface area contributed by atoms with Crippen molar-refractivity contribution in [2.24, 2.45) is 34.3 Å². The molecule has 1 heterocycles. The van der Waals surface area contributed by atoms with Crippen LogP contribution in [0, 0.1) is 40.9 Å². The van der Waals surface area contributed by atoms with E-state index in [1.807, 2.05) is 13.8 Å². The zero-order valence-electron chi connectivity index (χ0n) is 25.8. The maximum Gasteiger partial charge on any atom is 0.332 e. The summed E-state index contributed by atoms with van der Waals surface area (Å²) in [5.74, 6) is -1.49. The van der Waals surface area contributed by atoms with Crippen molar-refractivity contribution in [3.8, 4) is 12.3 Å². The maximum atomic E-state index is 14.2. The number of carbonyl (C=O) groups is 6. The number of amides is 5. The first-order valence-corrected chi connectivity index (χ1v) is 15.2. The smallest absolute Gasteiger partial charge is 0.332 e. The fraction of sp³-hybridized carbons (Fsp3) is 0.742. The van der Waals surface area contributed by atoms with Crippen LogP contribution in [-0.2, 0) is 28.7 Å². The Hall–Kier alpha value is -3.62. The van der Waals surface area contributed by atoms with Gasteiger partial charge in [-0.2, -0.15) is 0 Å². The van der Waals surface area contributed by atoms with Gasteiger partial charge in [-0.15, -0.1) is 6.42 Å². The van der Waals surface area contributed by atoms with E-state index >= 15 is 0 Å². The van der Waals surface area contributed by atoms with Gasteiger partial charge < -0.3 is 31.3 Å². The highest BCUT2D eigenvalue weighted by Gasteiger charge is 2.70. The topological polar surface area (TPSA) is 177 Å². The average Bonchev–Trinajstić information content (AvgIpc) is 3.81. The minimum absolute atomic E-state index is 0.0595. The quantitative estimate of drug-likeness (QED) is 0.164. The molecule has 12 nitrogen and oxygen atoms in total. The number of nitrogens with two attached hydrogens (primary N) is 1. The largest absolute Gasteiger partial charge is 0.451 e. The maximum absolute atomic E-state index is 14.2. The number of rotatable bonds is 10. The van der Waals surface area contributed by atoms with Gasteiger partial charge >= 0.3 is 12.0 Å². The van der Waals surface area contributed by atoms with E-state index in [0.717, 1.165) is 19.3 Å². The lowest BCUT2D eigenvalue weighted by Gasteiger charge is -2.39. The van der Waals surface area contributed by atoms with Crippen molar-refractivity contribution < 1.29 is 33.5 Å². The highest BCUT2D eigenvalue weighted by Crippen LogP contribution is 2.65.